The lowest BCUT2D eigenvalue weighted by molar-refractivity contribution is -0.149. The van der Waals surface area contributed by atoms with Gasteiger partial charge in [-0.1, -0.05) is 18.2 Å². The van der Waals surface area contributed by atoms with Crippen molar-refractivity contribution in [3.8, 4) is 0 Å². The molecule has 4 nitrogen and oxygen atoms in total. The minimum absolute atomic E-state index is 0.0977. The Morgan fingerprint density at radius 1 is 1.35 bits per heavy atom. The third-order valence-corrected chi connectivity index (χ3v) is 3.54. The maximum absolute atomic E-state index is 11.6. The van der Waals surface area contributed by atoms with E-state index in [4.69, 9.17) is 0 Å². The quantitative estimate of drug-likeness (QED) is 0.640. The molecule has 0 aromatic heterocycles. The van der Waals surface area contributed by atoms with Crippen molar-refractivity contribution in [2.24, 2.45) is 0 Å². The summed E-state index contributed by atoms with van der Waals surface area (Å²) in [5.41, 5.74) is 0.677. The maximum Gasteiger partial charge on any atom is 0.379 e. The molecule has 2 rings (SSSR count). The van der Waals surface area contributed by atoms with Crippen LogP contribution < -0.4 is 0 Å². The highest BCUT2D eigenvalue weighted by atomic mass is 32.2. The number of carbonyl (C=O) groups excluding carboxylic acids is 2. The highest BCUT2D eigenvalue weighted by molar-refractivity contribution is 7.99. The van der Waals surface area contributed by atoms with Gasteiger partial charge >= 0.3 is 5.97 Å². The molecule has 88 valence electrons. The van der Waals surface area contributed by atoms with Crippen molar-refractivity contribution in [3.63, 3.8) is 0 Å². The standard InChI is InChI=1S/C12H10O4S/c1-16-12(15)11(14)8-6-17-9-5-3-2-4-7(9)10(8)13/h2-5,13H,6H2,1H3. The van der Waals surface area contributed by atoms with E-state index in [-0.39, 0.29) is 17.1 Å². The zero-order valence-electron chi connectivity index (χ0n) is 9.10. The first-order valence-corrected chi connectivity index (χ1v) is 5.90. The van der Waals surface area contributed by atoms with Crippen LogP contribution in [-0.4, -0.2) is 29.7 Å². The van der Waals surface area contributed by atoms with Gasteiger partial charge in [0.25, 0.3) is 5.78 Å². The van der Waals surface area contributed by atoms with Gasteiger partial charge in [0.15, 0.2) is 0 Å². The van der Waals surface area contributed by atoms with E-state index in [0.717, 1.165) is 12.0 Å². The lowest BCUT2D eigenvalue weighted by Gasteiger charge is -2.17. The molecular formula is C12H10O4S. The summed E-state index contributed by atoms with van der Waals surface area (Å²) in [5.74, 6) is -1.59. The largest absolute Gasteiger partial charge is 0.507 e. The number of fused-ring (bicyclic) bond motifs is 1. The number of ketones is 1. The molecule has 0 aliphatic carbocycles. The van der Waals surface area contributed by atoms with E-state index in [1.807, 2.05) is 12.1 Å². The monoisotopic (exact) mass is 250 g/mol. The van der Waals surface area contributed by atoms with Crippen LogP contribution in [0.1, 0.15) is 5.56 Å². The number of carbonyl (C=O) groups is 2. The summed E-state index contributed by atoms with van der Waals surface area (Å²) in [6, 6.07) is 7.18. The van der Waals surface area contributed by atoms with Crippen molar-refractivity contribution in [1.82, 2.24) is 0 Å². The van der Waals surface area contributed by atoms with Gasteiger partial charge in [-0.15, -0.1) is 11.8 Å². The first-order valence-electron chi connectivity index (χ1n) is 4.92. The van der Waals surface area contributed by atoms with Crippen LogP contribution in [0, 0.1) is 0 Å². The average Bonchev–Trinajstić information content (AvgIpc) is 2.38. The first-order chi connectivity index (χ1) is 8.15. The Balaban J connectivity index is 2.44. The number of Topliss-reactive ketones (excluding diaryl/α,β-unsaturated/α-hetero) is 1. The Morgan fingerprint density at radius 2 is 2.06 bits per heavy atom. The summed E-state index contributed by atoms with van der Waals surface area (Å²) in [7, 11) is 1.14. The molecule has 1 N–H and O–H groups in total. The maximum atomic E-state index is 11.6. The molecular weight excluding hydrogens is 240 g/mol. The topological polar surface area (TPSA) is 63.6 Å². The van der Waals surface area contributed by atoms with Gasteiger partial charge in [0.05, 0.1) is 12.7 Å². The van der Waals surface area contributed by atoms with Crippen LogP contribution in [-0.2, 0) is 14.3 Å². The second-order valence-corrected chi connectivity index (χ2v) is 4.45. The van der Waals surface area contributed by atoms with Gasteiger partial charge in [-0.2, -0.15) is 0 Å². The van der Waals surface area contributed by atoms with Crippen LogP contribution in [0.5, 0.6) is 0 Å². The van der Waals surface area contributed by atoms with Crippen LogP contribution in [0.2, 0.25) is 0 Å². The van der Waals surface area contributed by atoms with Crippen molar-refractivity contribution in [2.75, 3.05) is 12.9 Å². The highest BCUT2D eigenvalue weighted by Crippen LogP contribution is 2.35. The Morgan fingerprint density at radius 3 is 2.76 bits per heavy atom. The van der Waals surface area contributed by atoms with E-state index >= 15 is 0 Å². The summed E-state index contributed by atoms with van der Waals surface area (Å²) in [6.45, 7) is 0. The number of aliphatic hydroxyl groups is 1. The number of rotatable bonds is 2. The number of ether oxygens (including phenoxy) is 1. The Bertz CT molecular complexity index is 519. The number of benzene rings is 1. The summed E-state index contributed by atoms with van der Waals surface area (Å²) in [4.78, 5) is 23.7. The van der Waals surface area contributed by atoms with Crippen LogP contribution in [0.3, 0.4) is 0 Å². The number of aliphatic hydroxyl groups excluding tert-OH is 1. The molecule has 1 heterocycles. The third-order valence-electron chi connectivity index (χ3n) is 2.44. The van der Waals surface area contributed by atoms with Crippen molar-refractivity contribution in [3.05, 3.63) is 35.4 Å². The number of thioether (sulfide) groups is 1. The number of esters is 1. The first kappa shape index (κ1) is 11.7. The van der Waals surface area contributed by atoms with Gasteiger partial charge in [0, 0.05) is 16.2 Å². The molecule has 0 bridgehead atoms. The molecule has 1 aliphatic heterocycles. The zero-order chi connectivity index (χ0) is 12.4. The van der Waals surface area contributed by atoms with Gasteiger partial charge in [0.2, 0.25) is 0 Å². The number of hydrogen-bond acceptors (Lipinski definition) is 5. The molecule has 0 unspecified atom stereocenters. The molecule has 1 aliphatic rings. The van der Waals surface area contributed by atoms with E-state index in [1.165, 1.54) is 11.8 Å². The van der Waals surface area contributed by atoms with E-state index in [2.05, 4.69) is 4.74 Å². The van der Waals surface area contributed by atoms with Gasteiger partial charge in [-0.25, -0.2) is 4.79 Å². The van der Waals surface area contributed by atoms with Crippen LogP contribution in [0.4, 0.5) is 0 Å². The van der Waals surface area contributed by atoms with Gasteiger partial charge in [-0.3, -0.25) is 4.79 Å². The van der Waals surface area contributed by atoms with Crippen molar-refractivity contribution in [2.45, 2.75) is 4.90 Å². The Hall–Kier alpha value is -1.75. The molecule has 5 heteroatoms. The minimum Gasteiger partial charge on any atom is -0.507 e. The fraction of sp³-hybridized carbons (Fsp3) is 0.167. The highest BCUT2D eigenvalue weighted by Gasteiger charge is 2.28. The second kappa shape index (κ2) is 4.63. The third kappa shape index (κ3) is 2.06. The van der Waals surface area contributed by atoms with E-state index < -0.39 is 11.8 Å². The fourth-order valence-corrected chi connectivity index (χ4v) is 2.62. The van der Waals surface area contributed by atoms with Crippen LogP contribution in [0.25, 0.3) is 5.76 Å². The normalized spacial score (nSPS) is 14.2. The molecule has 0 atom stereocenters. The van der Waals surface area contributed by atoms with Crippen molar-refractivity contribution < 1.29 is 19.4 Å². The average molecular weight is 250 g/mol. The zero-order valence-corrected chi connectivity index (χ0v) is 9.91. The Kier molecular flexibility index (Phi) is 3.19. The molecule has 0 radical (unpaired) electrons. The van der Waals surface area contributed by atoms with Crippen molar-refractivity contribution in [1.29, 1.82) is 0 Å². The SMILES string of the molecule is COC(=O)C(=O)C1=C(O)c2ccccc2SC1. The van der Waals surface area contributed by atoms with E-state index in [9.17, 15) is 14.7 Å². The molecule has 17 heavy (non-hydrogen) atoms. The second-order valence-electron chi connectivity index (χ2n) is 3.43. The van der Waals surface area contributed by atoms with E-state index in [0.29, 0.717) is 5.56 Å². The number of methoxy groups -OCH3 is 1. The summed E-state index contributed by atoms with van der Waals surface area (Å²) < 4.78 is 4.36. The minimum atomic E-state index is -0.952. The van der Waals surface area contributed by atoms with Crippen molar-refractivity contribution >= 4 is 29.3 Å². The predicted octanol–water partition coefficient (Wildman–Crippen LogP) is 1.80. The molecule has 1 aromatic carbocycles. The predicted molar refractivity (Wildman–Crippen MR) is 63.7 cm³/mol. The summed E-state index contributed by atoms with van der Waals surface area (Å²) in [5, 5.41) is 9.97. The van der Waals surface area contributed by atoms with E-state index in [1.54, 1.807) is 12.1 Å². The van der Waals surface area contributed by atoms with Crippen LogP contribution >= 0.6 is 11.8 Å². The van der Waals surface area contributed by atoms with Crippen LogP contribution in [0.15, 0.2) is 34.7 Å². The molecule has 1 aromatic rings. The summed E-state index contributed by atoms with van der Waals surface area (Å²) in [6.07, 6.45) is 0. The van der Waals surface area contributed by atoms with Gasteiger partial charge in [-0.05, 0) is 6.07 Å². The molecule has 0 saturated heterocycles. The molecule has 0 spiro atoms. The van der Waals surface area contributed by atoms with Gasteiger partial charge in [0.1, 0.15) is 5.76 Å². The van der Waals surface area contributed by atoms with Gasteiger partial charge < -0.3 is 9.84 Å². The molecule has 0 amide bonds. The number of hydrogen-bond donors (Lipinski definition) is 1. The lowest BCUT2D eigenvalue weighted by atomic mass is 10.1. The smallest absolute Gasteiger partial charge is 0.379 e. The summed E-state index contributed by atoms with van der Waals surface area (Å²) >= 11 is 1.41. The molecule has 0 fully saturated rings. The lowest BCUT2D eigenvalue weighted by Crippen LogP contribution is -2.21. The fourth-order valence-electron chi connectivity index (χ4n) is 1.56. The molecule has 0 saturated carbocycles. The Labute approximate surface area is 102 Å².